The molecular formula is C34H47ClN4O4S. The molecule has 0 atom stereocenters. The van der Waals surface area contributed by atoms with Gasteiger partial charge in [0.2, 0.25) is 0 Å². The van der Waals surface area contributed by atoms with Gasteiger partial charge in [-0.05, 0) is 48.4 Å². The minimum Gasteiger partial charge on any atom is -0.496 e. The van der Waals surface area contributed by atoms with Crippen molar-refractivity contribution in [1.29, 1.82) is 0 Å². The lowest BCUT2D eigenvalue weighted by molar-refractivity contribution is 0.304. The summed E-state index contributed by atoms with van der Waals surface area (Å²) in [4.78, 5) is 3.48. The van der Waals surface area contributed by atoms with Gasteiger partial charge in [-0.3, -0.25) is 0 Å². The quantitative estimate of drug-likeness (QED) is 0.115. The average molecular weight is 643 g/mol. The number of unbranched alkanes of at least 4 members (excludes halogenated alkanes) is 9. The van der Waals surface area contributed by atoms with Crippen molar-refractivity contribution in [3.05, 3.63) is 58.7 Å². The summed E-state index contributed by atoms with van der Waals surface area (Å²) in [6.45, 7) is 8.99. The molecule has 0 bridgehead atoms. The number of nitrogens with zero attached hydrogens (tertiary/aromatic N) is 3. The Balaban J connectivity index is 1.33. The molecule has 0 amide bonds. The van der Waals surface area contributed by atoms with Crippen LogP contribution in [0.2, 0.25) is 5.02 Å². The minimum atomic E-state index is -3.60. The molecule has 0 saturated heterocycles. The maximum absolute atomic E-state index is 13.3. The van der Waals surface area contributed by atoms with Crippen LogP contribution >= 0.6 is 11.6 Å². The molecule has 240 valence electrons. The second kappa shape index (κ2) is 15.3. The van der Waals surface area contributed by atoms with E-state index in [-0.39, 0.29) is 16.1 Å². The number of fused-ring (bicyclic) bond motifs is 1. The van der Waals surface area contributed by atoms with Crippen LogP contribution in [0.15, 0.2) is 47.4 Å². The van der Waals surface area contributed by atoms with E-state index >= 15 is 0 Å². The maximum Gasteiger partial charge on any atom is 0.182 e. The molecule has 0 fully saturated rings. The van der Waals surface area contributed by atoms with E-state index in [0.29, 0.717) is 45.7 Å². The lowest BCUT2D eigenvalue weighted by Gasteiger charge is -2.14. The molecule has 8 nitrogen and oxygen atoms in total. The number of nitrogens with one attached hydrogen (secondary N) is 1. The largest absolute Gasteiger partial charge is 0.496 e. The molecule has 0 aliphatic heterocycles. The normalized spacial score (nSPS) is 12.2. The van der Waals surface area contributed by atoms with Crippen molar-refractivity contribution in [2.75, 3.05) is 13.7 Å². The fourth-order valence-electron chi connectivity index (χ4n) is 5.25. The summed E-state index contributed by atoms with van der Waals surface area (Å²) in [5.74, 6) is 1.55. The van der Waals surface area contributed by atoms with Crippen LogP contribution in [0.4, 0.5) is 0 Å². The molecule has 44 heavy (non-hydrogen) atoms. The summed E-state index contributed by atoms with van der Waals surface area (Å²) in [7, 11) is -2.04. The number of methoxy groups -OCH3 is 1. The molecule has 4 aromatic rings. The van der Waals surface area contributed by atoms with E-state index in [1.54, 1.807) is 49.6 Å². The maximum atomic E-state index is 13.3. The first-order valence-corrected chi connectivity index (χ1v) is 17.8. The molecule has 2 aromatic heterocycles. The highest BCUT2D eigenvalue weighted by molar-refractivity contribution is 7.90. The van der Waals surface area contributed by atoms with E-state index in [2.05, 4.69) is 22.1 Å². The zero-order valence-electron chi connectivity index (χ0n) is 26.8. The highest BCUT2D eigenvalue weighted by atomic mass is 35.5. The molecule has 0 aliphatic carbocycles. The van der Waals surface area contributed by atoms with Gasteiger partial charge in [-0.25, -0.2) is 8.42 Å². The van der Waals surface area contributed by atoms with E-state index in [0.717, 1.165) is 18.5 Å². The van der Waals surface area contributed by atoms with E-state index in [1.165, 1.54) is 56.0 Å². The Morgan fingerprint density at radius 3 is 2.11 bits per heavy atom. The summed E-state index contributed by atoms with van der Waals surface area (Å²) in [5.41, 5.74) is 2.30. The number of hydrogen-bond donors (Lipinski definition) is 1. The fraction of sp³-hybridized carbons (Fsp3) is 0.529. The number of aromatic nitrogens is 4. The highest BCUT2D eigenvalue weighted by Gasteiger charge is 2.26. The van der Waals surface area contributed by atoms with Crippen LogP contribution in [0, 0.1) is 0 Å². The lowest BCUT2D eigenvalue weighted by atomic mass is 9.92. The zero-order chi connectivity index (χ0) is 31.7. The Morgan fingerprint density at radius 1 is 0.886 bits per heavy atom. The molecule has 2 aromatic carbocycles. The van der Waals surface area contributed by atoms with Crippen LogP contribution in [-0.2, 0) is 21.0 Å². The number of H-pyrrole nitrogens is 1. The number of benzene rings is 2. The summed E-state index contributed by atoms with van der Waals surface area (Å²) >= 11 is 6.61. The number of halogens is 1. The minimum absolute atomic E-state index is 0.171. The van der Waals surface area contributed by atoms with Gasteiger partial charge < -0.3 is 14.5 Å². The summed E-state index contributed by atoms with van der Waals surface area (Å²) in [6, 6.07) is 12.0. The molecule has 4 rings (SSSR count). The van der Waals surface area contributed by atoms with Gasteiger partial charge in [0.05, 0.1) is 35.6 Å². The third kappa shape index (κ3) is 8.78. The lowest BCUT2D eigenvalue weighted by Crippen LogP contribution is -2.13. The predicted octanol–water partition coefficient (Wildman–Crippen LogP) is 8.96. The van der Waals surface area contributed by atoms with Crippen molar-refractivity contribution in [2.45, 2.75) is 108 Å². The number of hydrogen-bond acceptors (Lipinski definition) is 6. The van der Waals surface area contributed by atoms with Crippen LogP contribution in [0.3, 0.4) is 0 Å². The van der Waals surface area contributed by atoms with Crippen molar-refractivity contribution in [3.63, 3.8) is 0 Å². The second-order valence-corrected chi connectivity index (χ2v) is 14.9. The van der Waals surface area contributed by atoms with Gasteiger partial charge in [-0.2, -0.15) is 5.10 Å². The third-order valence-electron chi connectivity index (χ3n) is 7.78. The molecule has 0 unspecified atom stereocenters. The van der Waals surface area contributed by atoms with Crippen LogP contribution in [0.5, 0.6) is 11.5 Å². The van der Waals surface area contributed by atoms with E-state index in [9.17, 15) is 8.42 Å². The molecule has 0 spiro atoms. The molecule has 0 aliphatic rings. The van der Waals surface area contributed by atoms with Crippen molar-refractivity contribution in [1.82, 2.24) is 19.8 Å². The summed E-state index contributed by atoms with van der Waals surface area (Å²) in [5, 5.41) is 9.64. The Hall–Kier alpha value is -3.04. The van der Waals surface area contributed by atoms with Crippen molar-refractivity contribution in [3.8, 4) is 22.9 Å². The number of sulfone groups is 1. The summed E-state index contributed by atoms with van der Waals surface area (Å²) in [6.07, 6.45) is 12.7. The van der Waals surface area contributed by atoms with Crippen LogP contribution in [0.25, 0.3) is 17.0 Å². The van der Waals surface area contributed by atoms with Crippen LogP contribution in [-0.4, -0.2) is 41.9 Å². The third-order valence-corrected chi connectivity index (χ3v) is 9.84. The monoisotopic (exact) mass is 642 g/mol. The Kier molecular flexibility index (Phi) is 11.8. The van der Waals surface area contributed by atoms with E-state index in [1.807, 2.05) is 20.8 Å². The van der Waals surface area contributed by atoms with Gasteiger partial charge in [-0.1, -0.05) is 103 Å². The first-order chi connectivity index (χ1) is 21.0. The van der Waals surface area contributed by atoms with Gasteiger partial charge in [0.15, 0.2) is 21.3 Å². The Bertz CT molecular complexity index is 1600. The SMILES string of the molecule is CCCCCCCCCCCCOc1ccc(S(=O)(=O)Cc2ccc(OC)c(-c3nn4nc(C(C)(C)C)c(Cl)c4[nH]3)c2)cc1. The summed E-state index contributed by atoms with van der Waals surface area (Å²) < 4.78 is 39.5. The Labute approximate surface area is 267 Å². The molecule has 10 heteroatoms. The van der Waals surface area contributed by atoms with Gasteiger partial charge in [0.1, 0.15) is 16.5 Å². The smallest absolute Gasteiger partial charge is 0.182 e. The van der Waals surface area contributed by atoms with E-state index < -0.39 is 9.84 Å². The Morgan fingerprint density at radius 2 is 1.52 bits per heavy atom. The predicted molar refractivity (Wildman–Crippen MR) is 178 cm³/mol. The van der Waals surface area contributed by atoms with Crippen LogP contribution < -0.4 is 9.47 Å². The molecule has 1 N–H and O–H groups in total. The fourth-order valence-corrected chi connectivity index (χ4v) is 7.03. The number of rotatable bonds is 17. The topological polar surface area (TPSA) is 98.6 Å². The van der Waals surface area contributed by atoms with Crippen molar-refractivity contribution < 1.29 is 17.9 Å². The first kappa shape index (κ1) is 33.8. The first-order valence-electron chi connectivity index (χ1n) is 15.8. The van der Waals surface area contributed by atoms with Gasteiger partial charge in [0.25, 0.3) is 0 Å². The molecule has 0 radical (unpaired) electrons. The van der Waals surface area contributed by atoms with Gasteiger partial charge in [0, 0.05) is 5.41 Å². The van der Waals surface area contributed by atoms with Gasteiger partial charge >= 0.3 is 0 Å². The molecular weight excluding hydrogens is 596 g/mol. The van der Waals surface area contributed by atoms with Crippen molar-refractivity contribution >= 4 is 27.1 Å². The van der Waals surface area contributed by atoms with Crippen molar-refractivity contribution in [2.24, 2.45) is 0 Å². The zero-order valence-corrected chi connectivity index (χ0v) is 28.4. The highest BCUT2D eigenvalue weighted by Crippen LogP contribution is 2.34. The standard InChI is InChI=1S/C34H47ClN4O4S/c1-6-7-8-9-10-11-12-13-14-15-22-43-26-17-19-27(20-18-26)44(40,41)24-25-16-21-29(42-5)28(23-25)32-36-33-30(35)31(34(2,3)4)37-39(33)38-32/h16-21,23H,6-15,22,24H2,1-5H3,(H,36,38). The molecule has 2 heterocycles. The molecule has 0 saturated carbocycles. The van der Waals surface area contributed by atoms with E-state index in [4.69, 9.17) is 21.1 Å². The van der Waals surface area contributed by atoms with Gasteiger partial charge in [-0.15, -0.1) is 9.73 Å². The number of ether oxygens (including phenoxy) is 2. The van der Waals surface area contributed by atoms with Crippen LogP contribution in [0.1, 0.15) is 103 Å². The number of aromatic amines is 1. The second-order valence-electron chi connectivity index (χ2n) is 12.5. The average Bonchev–Trinajstić information content (AvgIpc) is 3.55.